The zero-order chi connectivity index (χ0) is 15.1. The van der Waals surface area contributed by atoms with Crippen molar-refractivity contribution in [2.24, 2.45) is 0 Å². The number of allylic oxidation sites excluding steroid dienone is 1. The van der Waals surface area contributed by atoms with Gasteiger partial charge in [0.25, 0.3) is 0 Å². The molecule has 0 spiro atoms. The number of ether oxygens (including phenoxy) is 1. The van der Waals surface area contributed by atoms with Gasteiger partial charge in [0.15, 0.2) is 9.84 Å². The maximum atomic E-state index is 12.2. The van der Waals surface area contributed by atoms with Gasteiger partial charge < -0.3 is 4.74 Å². The highest BCUT2D eigenvalue weighted by Crippen LogP contribution is 2.20. The lowest BCUT2D eigenvalue weighted by molar-refractivity contribution is 0.242. The molecule has 0 aromatic heterocycles. The maximum Gasteiger partial charge on any atom is 0.156 e. The van der Waals surface area contributed by atoms with Crippen LogP contribution in [0.5, 0.6) is 0 Å². The summed E-state index contributed by atoms with van der Waals surface area (Å²) in [7, 11) is -3.00. The summed E-state index contributed by atoms with van der Waals surface area (Å²) in [6, 6.07) is 9.96. The Balaban J connectivity index is 1.94. The molecule has 0 saturated carbocycles. The summed E-state index contributed by atoms with van der Waals surface area (Å²) in [5.41, 5.74) is 2.11. The Kier molecular flexibility index (Phi) is 5.85. The molecule has 2 rings (SSSR count). The highest BCUT2D eigenvalue weighted by molar-refractivity contribution is 7.92. The van der Waals surface area contributed by atoms with Crippen LogP contribution >= 0.6 is 0 Å². The smallest absolute Gasteiger partial charge is 0.156 e. The second kappa shape index (κ2) is 7.64. The molecule has 116 valence electrons. The van der Waals surface area contributed by atoms with E-state index in [0.717, 1.165) is 43.2 Å². The van der Waals surface area contributed by atoms with Crippen molar-refractivity contribution < 1.29 is 13.2 Å². The molecule has 0 amide bonds. The van der Waals surface area contributed by atoms with Crippen LogP contribution in [0.4, 0.5) is 0 Å². The van der Waals surface area contributed by atoms with E-state index < -0.39 is 9.84 Å². The first-order valence-corrected chi connectivity index (χ1v) is 9.36. The zero-order valence-corrected chi connectivity index (χ0v) is 13.4. The molecule has 1 atom stereocenters. The molecule has 1 fully saturated rings. The summed E-state index contributed by atoms with van der Waals surface area (Å²) < 4.78 is 30.0. The third kappa shape index (κ3) is 4.88. The largest absolute Gasteiger partial charge is 0.500 e. The normalized spacial score (nSPS) is 23.1. The molecule has 21 heavy (non-hydrogen) atoms. The Hall–Kier alpha value is -1.29. The molecular formula is C17H24O3S. The van der Waals surface area contributed by atoms with Gasteiger partial charge in [0.2, 0.25) is 0 Å². The van der Waals surface area contributed by atoms with Crippen molar-refractivity contribution in [2.45, 2.75) is 44.3 Å². The highest BCUT2D eigenvalue weighted by atomic mass is 32.2. The van der Waals surface area contributed by atoms with E-state index in [1.807, 2.05) is 37.3 Å². The van der Waals surface area contributed by atoms with E-state index in [0.29, 0.717) is 5.75 Å². The van der Waals surface area contributed by atoms with Gasteiger partial charge in [0.05, 0.1) is 17.3 Å². The second-order valence-electron chi connectivity index (χ2n) is 5.69. The fourth-order valence-electron chi connectivity index (χ4n) is 2.61. The van der Waals surface area contributed by atoms with E-state index in [9.17, 15) is 8.42 Å². The van der Waals surface area contributed by atoms with Crippen molar-refractivity contribution in [3.05, 3.63) is 42.2 Å². The van der Waals surface area contributed by atoms with E-state index in [1.165, 1.54) is 0 Å². The molecular weight excluding hydrogens is 284 g/mol. The van der Waals surface area contributed by atoms with Crippen molar-refractivity contribution in [2.75, 3.05) is 12.4 Å². The number of sulfone groups is 1. The molecule has 0 N–H and O–H groups in total. The van der Waals surface area contributed by atoms with Gasteiger partial charge in [-0.25, -0.2) is 8.42 Å². The fourth-order valence-corrected chi connectivity index (χ4v) is 4.36. The molecule has 4 heteroatoms. The Morgan fingerprint density at radius 2 is 1.90 bits per heavy atom. The molecule has 1 aliphatic rings. The molecule has 0 bridgehead atoms. The summed E-state index contributed by atoms with van der Waals surface area (Å²) in [4.78, 5) is 0. The number of hydrogen-bond acceptors (Lipinski definition) is 3. The average molecular weight is 308 g/mol. The lowest BCUT2D eigenvalue weighted by Gasteiger charge is -2.19. The Labute approximate surface area is 127 Å². The average Bonchev–Trinajstić information content (AvgIpc) is 2.47. The van der Waals surface area contributed by atoms with Gasteiger partial charge in [-0.15, -0.1) is 0 Å². The van der Waals surface area contributed by atoms with Crippen molar-refractivity contribution in [3.8, 4) is 0 Å². The van der Waals surface area contributed by atoms with Crippen LogP contribution in [0, 0.1) is 0 Å². The van der Waals surface area contributed by atoms with Crippen molar-refractivity contribution in [1.29, 1.82) is 0 Å². The van der Waals surface area contributed by atoms with Gasteiger partial charge in [0, 0.05) is 0 Å². The molecule has 1 saturated heterocycles. The number of hydrogen-bond donors (Lipinski definition) is 0. The van der Waals surface area contributed by atoms with E-state index in [-0.39, 0.29) is 11.9 Å². The van der Waals surface area contributed by atoms with E-state index in [2.05, 4.69) is 0 Å². The molecule has 0 aliphatic carbocycles. The van der Waals surface area contributed by atoms with Gasteiger partial charge in [-0.3, -0.25) is 0 Å². The molecule has 0 radical (unpaired) electrons. The van der Waals surface area contributed by atoms with Crippen molar-refractivity contribution in [1.82, 2.24) is 0 Å². The second-order valence-corrected chi connectivity index (χ2v) is 8.09. The van der Waals surface area contributed by atoms with Crippen LogP contribution in [0.3, 0.4) is 0 Å². The highest BCUT2D eigenvalue weighted by Gasteiger charge is 2.26. The number of rotatable bonds is 4. The van der Waals surface area contributed by atoms with Crippen LogP contribution in [0.2, 0.25) is 0 Å². The van der Waals surface area contributed by atoms with Crippen LogP contribution in [-0.4, -0.2) is 26.0 Å². The van der Waals surface area contributed by atoms with Crippen LogP contribution in [0.1, 0.15) is 44.6 Å². The summed E-state index contributed by atoms with van der Waals surface area (Å²) in [6.07, 6.45) is 6.33. The van der Waals surface area contributed by atoms with Gasteiger partial charge in [-0.1, -0.05) is 49.6 Å². The lowest BCUT2D eigenvalue weighted by Crippen LogP contribution is -2.29. The monoisotopic (exact) mass is 308 g/mol. The maximum absolute atomic E-state index is 12.2. The third-order valence-electron chi connectivity index (χ3n) is 3.98. The fraction of sp³-hybridized carbons (Fsp3) is 0.529. The minimum Gasteiger partial charge on any atom is -0.500 e. The molecule has 1 aromatic carbocycles. The summed E-state index contributed by atoms with van der Waals surface area (Å²) in [6.45, 7) is 2.24. The van der Waals surface area contributed by atoms with E-state index in [1.54, 1.807) is 6.26 Å². The lowest BCUT2D eigenvalue weighted by atomic mass is 10.1. The predicted molar refractivity (Wildman–Crippen MR) is 86.7 cm³/mol. The predicted octanol–water partition coefficient (Wildman–Crippen LogP) is 3.81. The van der Waals surface area contributed by atoms with Crippen LogP contribution in [-0.2, 0) is 14.6 Å². The standard InChI is InChI=1S/C17H24O3S/c1-15(16-9-5-4-6-10-16)13-20-14-17-11-7-2-3-8-12-21(17,18)19/h4-6,9-10,13,17H,2-3,7-8,11-12,14H2,1H3/b15-13-. The molecule has 1 unspecified atom stereocenters. The molecule has 1 heterocycles. The summed E-state index contributed by atoms with van der Waals surface area (Å²) in [5.74, 6) is 0.308. The Morgan fingerprint density at radius 1 is 1.19 bits per heavy atom. The van der Waals surface area contributed by atoms with Gasteiger partial charge >= 0.3 is 0 Å². The van der Waals surface area contributed by atoms with E-state index >= 15 is 0 Å². The molecule has 3 nitrogen and oxygen atoms in total. The zero-order valence-electron chi connectivity index (χ0n) is 12.6. The topological polar surface area (TPSA) is 43.4 Å². The quantitative estimate of drug-likeness (QED) is 0.794. The Morgan fingerprint density at radius 3 is 2.67 bits per heavy atom. The van der Waals surface area contributed by atoms with Gasteiger partial charge in [-0.05, 0) is 30.9 Å². The first-order valence-electron chi connectivity index (χ1n) is 7.65. The van der Waals surface area contributed by atoms with Gasteiger partial charge in [0.1, 0.15) is 6.61 Å². The third-order valence-corrected chi connectivity index (χ3v) is 6.23. The minimum atomic E-state index is -3.00. The number of benzene rings is 1. The van der Waals surface area contributed by atoms with Gasteiger partial charge in [-0.2, -0.15) is 0 Å². The molecule has 1 aromatic rings. The molecule has 1 aliphatic heterocycles. The van der Waals surface area contributed by atoms with Crippen LogP contribution in [0.15, 0.2) is 36.6 Å². The first kappa shape index (κ1) is 16.1. The minimum absolute atomic E-state index is 0.270. The first-order chi connectivity index (χ1) is 10.1. The van der Waals surface area contributed by atoms with Crippen molar-refractivity contribution in [3.63, 3.8) is 0 Å². The summed E-state index contributed by atoms with van der Waals surface area (Å²) in [5, 5.41) is -0.349. The van der Waals surface area contributed by atoms with Crippen LogP contribution < -0.4 is 0 Å². The van der Waals surface area contributed by atoms with E-state index in [4.69, 9.17) is 4.74 Å². The van der Waals surface area contributed by atoms with Crippen LogP contribution in [0.25, 0.3) is 5.57 Å². The van der Waals surface area contributed by atoms with Crippen molar-refractivity contribution >= 4 is 15.4 Å². The Bertz CT molecular complexity index is 561. The summed E-state index contributed by atoms with van der Waals surface area (Å²) >= 11 is 0. The SMILES string of the molecule is C/C(=C/OCC1CCCCCCS1(=O)=O)c1ccccc1.